The van der Waals surface area contributed by atoms with Crippen molar-refractivity contribution in [3.05, 3.63) is 77.0 Å². The van der Waals surface area contributed by atoms with Gasteiger partial charge in [0, 0.05) is 43.5 Å². The molecule has 0 spiro atoms. The van der Waals surface area contributed by atoms with Crippen molar-refractivity contribution in [3.8, 4) is 17.2 Å². The summed E-state index contributed by atoms with van der Waals surface area (Å²) < 4.78 is 49.1. The molecule has 5 rings (SSSR count). The van der Waals surface area contributed by atoms with E-state index in [0.717, 1.165) is 41.2 Å². The number of fused-ring (bicyclic) bond motifs is 1. The van der Waals surface area contributed by atoms with Crippen LogP contribution in [0.25, 0.3) is 5.69 Å². The van der Waals surface area contributed by atoms with Crippen molar-refractivity contribution < 1.29 is 22.6 Å². The highest BCUT2D eigenvalue weighted by atomic mass is 35.5. The summed E-state index contributed by atoms with van der Waals surface area (Å²) in [5.74, 6) is 1.44. The van der Waals surface area contributed by atoms with E-state index in [1.54, 1.807) is 36.3 Å². The van der Waals surface area contributed by atoms with Gasteiger partial charge in [-0.2, -0.15) is 4.98 Å². The molecule has 0 fully saturated rings. The number of alkyl halides is 3. The molecule has 0 radical (unpaired) electrons. The Morgan fingerprint density at radius 3 is 2.50 bits per heavy atom. The highest BCUT2D eigenvalue weighted by molar-refractivity contribution is 6.29. The van der Waals surface area contributed by atoms with Crippen molar-refractivity contribution in [2.45, 2.75) is 25.1 Å². The minimum Gasteiger partial charge on any atom is -0.494 e. The van der Waals surface area contributed by atoms with Crippen LogP contribution < -0.4 is 19.7 Å². The monoisotopic (exact) mass is 544 g/mol. The minimum atomic E-state index is -4.73. The average molecular weight is 545 g/mol. The number of hydrogen-bond donors (Lipinski definition) is 1. The first kappa shape index (κ1) is 25.7. The zero-order chi connectivity index (χ0) is 27.0. The van der Waals surface area contributed by atoms with Crippen LogP contribution in [0.5, 0.6) is 11.5 Å². The quantitative estimate of drug-likeness (QED) is 0.301. The van der Waals surface area contributed by atoms with E-state index in [1.807, 2.05) is 37.2 Å². The Labute approximate surface area is 222 Å². The molecule has 2 aromatic carbocycles. The molecule has 0 unspecified atom stereocenters. The lowest BCUT2D eigenvalue weighted by Gasteiger charge is -2.19. The summed E-state index contributed by atoms with van der Waals surface area (Å²) in [6.45, 7) is 0. The third-order valence-corrected chi connectivity index (χ3v) is 6.43. The Hall–Kier alpha value is -3.99. The number of methoxy groups -OCH3 is 1. The number of benzene rings is 2. The van der Waals surface area contributed by atoms with Gasteiger partial charge >= 0.3 is 6.36 Å². The number of anilines is 3. The first-order valence-corrected chi connectivity index (χ1v) is 12.1. The van der Waals surface area contributed by atoms with E-state index >= 15 is 0 Å². The van der Waals surface area contributed by atoms with E-state index in [4.69, 9.17) is 26.3 Å². The molecule has 0 aliphatic heterocycles. The summed E-state index contributed by atoms with van der Waals surface area (Å²) in [6.07, 6.45) is 0.0700. The molecule has 4 aromatic rings. The first-order chi connectivity index (χ1) is 18.1. The number of rotatable bonds is 7. The van der Waals surface area contributed by atoms with Crippen LogP contribution in [0, 0.1) is 0 Å². The molecule has 8 nitrogen and oxygen atoms in total. The van der Waals surface area contributed by atoms with Crippen LogP contribution in [-0.2, 0) is 6.42 Å². The molecule has 1 N–H and O–H groups in total. The fourth-order valence-corrected chi connectivity index (χ4v) is 4.77. The van der Waals surface area contributed by atoms with Crippen LogP contribution in [0.3, 0.4) is 0 Å². The SMILES string of the molecule is COc1cc(Nc2nc3c(c(N(C)C)n2)CC[C@H]3c2ccc(OC(F)(F)F)cc2)ccc1-n1cnc(Cl)c1. The van der Waals surface area contributed by atoms with Gasteiger partial charge in [0.2, 0.25) is 5.95 Å². The van der Waals surface area contributed by atoms with Crippen molar-refractivity contribution in [2.75, 3.05) is 31.4 Å². The van der Waals surface area contributed by atoms with Gasteiger partial charge in [0.15, 0.2) is 0 Å². The maximum atomic E-state index is 12.6. The van der Waals surface area contributed by atoms with Crippen molar-refractivity contribution in [2.24, 2.45) is 0 Å². The van der Waals surface area contributed by atoms with Crippen LogP contribution in [-0.4, -0.2) is 47.1 Å². The van der Waals surface area contributed by atoms with Gasteiger partial charge in [0.1, 0.15) is 28.8 Å². The third-order valence-electron chi connectivity index (χ3n) is 6.24. The highest BCUT2D eigenvalue weighted by Gasteiger charge is 2.32. The largest absolute Gasteiger partial charge is 0.573 e. The second-order valence-electron chi connectivity index (χ2n) is 8.95. The molecule has 0 saturated heterocycles. The maximum Gasteiger partial charge on any atom is 0.573 e. The number of nitrogens with one attached hydrogen (secondary N) is 1. The third kappa shape index (κ3) is 5.33. The van der Waals surface area contributed by atoms with E-state index in [2.05, 4.69) is 15.0 Å². The summed E-state index contributed by atoms with van der Waals surface area (Å²) in [7, 11) is 5.40. The summed E-state index contributed by atoms with van der Waals surface area (Å²) in [6, 6.07) is 11.5. The van der Waals surface area contributed by atoms with Crippen LogP contribution >= 0.6 is 11.6 Å². The Bertz CT molecular complexity index is 1460. The number of imidazole rings is 1. The molecule has 0 saturated carbocycles. The van der Waals surface area contributed by atoms with Crippen LogP contribution in [0.15, 0.2) is 55.0 Å². The molecule has 2 aromatic heterocycles. The van der Waals surface area contributed by atoms with Crippen LogP contribution in [0.2, 0.25) is 5.15 Å². The van der Waals surface area contributed by atoms with Gasteiger partial charge < -0.3 is 24.3 Å². The molecule has 1 atom stereocenters. The predicted octanol–water partition coefficient (Wildman–Crippen LogP) is 6.11. The van der Waals surface area contributed by atoms with Gasteiger partial charge in [-0.3, -0.25) is 0 Å². The Morgan fingerprint density at radius 2 is 1.87 bits per heavy atom. The summed E-state index contributed by atoms with van der Waals surface area (Å²) >= 11 is 5.96. The average Bonchev–Trinajstić information content (AvgIpc) is 3.49. The lowest BCUT2D eigenvalue weighted by atomic mass is 9.96. The zero-order valence-electron chi connectivity index (χ0n) is 20.8. The fraction of sp³-hybridized carbons (Fsp3) is 0.269. The maximum absolute atomic E-state index is 12.6. The highest BCUT2D eigenvalue weighted by Crippen LogP contribution is 2.42. The topological polar surface area (TPSA) is 77.3 Å². The fourth-order valence-electron chi connectivity index (χ4n) is 4.62. The second-order valence-corrected chi connectivity index (χ2v) is 9.34. The molecule has 38 heavy (non-hydrogen) atoms. The molecule has 2 heterocycles. The normalized spacial score (nSPS) is 14.8. The molecule has 1 aliphatic rings. The zero-order valence-corrected chi connectivity index (χ0v) is 21.5. The van der Waals surface area contributed by atoms with Gasteiger partial charge in [-0.1, -0.05) is 23.7 Å². The second kappa shape index (κ2) is 10.1. The van der Waals surface area contributed by atoms with Gasteiger partial charge in [-0.15, -0.1) is 13.2 Å². The van der Waals surface area contributed by atoms with Crippen molar-refractivity contribution >= 4 is 29.1 Å². The molecule has 0 bridgehead atoms. The van der Waals surface area contributed by atoms with Crippen molar-refractivity contribution in [1.82, 2.24) is 19.5 Å². The Morgan fingerprint density at radius 1 is 1.11 bits per heavy atom. The van der Waals surface area contributed by atoms with Gasteiger partial charge in [0.25, 0.3) is 0 Å². The van der Waals surface area contributed by atoms with E-state index in [9.17, 15) is 13.2 Å². The Balaban J connectivity index is 1.46. The number of aromatic nitrogens is 4. The van der Waals surface area contributed by atoms with Crippen molar-refractivity contribution in [1.29, 1.82) is 0 Å². The Kier molecular flexibility index (Phi) is 6.78. The predicted molar refractivity (Wildman–Crippen MR) is 138 cm³/mol. The van der Waals surface area contributed by atoms with E-state index < -0.39 is 6.36 Å². The van der Waals surface area contributed by atoms with Gasteiger partial charge in [0.05, 0.1) is 18.5 Å². The van der Waals surface area contributed by atoms with Crippen LogP contribution in [0.4, 0.5) is 30.6 Å². The van der Waals surface area contributed by atoms with E-state index in [-0.39, 0.29) is 11.7 Å². The molecule has 198 valence electrons. The number of halogens is 4. The standard InChI is InChI=1S/C26H24ClF3N6O2/c1-35(2)24-19-10-9-18(15-4-7-17(8-5-15)38-26(28,29)30)23(19)33-25(34-24)32-16-6-11-20(21(12-16)37-3)36-13-22(27)31-14-36/h4-8,11-14,18H,9-10H2,1-3H3,(H,32,33,34)/t18-/m0/s1. The molecular weight excluding hydrogens is 521 g/mol. The minimum absolute atomic E-state index is 0.0879. The molecule has 12 heteroatoms. The van der Waals surface area contributed by atoms with Crippen molar-refractivity contribution in [3.63, 3.8) is 0 Å². The lowest BCUT2D eigenvalue weighted by Crippen LogP contribution is -2.17. The number of nitrogens with zero attached hydrogens (tertiary/aromatic N) is 5. The smallest absolute Gasteiger partial charge is 0.494 e. The summed E-state index contributed by atoms with van der Waals surface area (Å²) in [5.41, 5.74) is 4.19. The van der Waals surface area contributed by atoms with Gasteiger partial charge in [-0.25, -0.2) is 9.97 Å². The van der Waals surface area contributed by atoms with Gasteiger partial charge in [-0.05, 0) is 42.7 Å². The number of hydrogen-bond acceptors (Lipinski definition) is 7. The lowest BCUT2D eigenvalue weighted by molar-refractivity contribution is -0.274. The van der Waals surface area contributed by atoms with Crippen LogP contribution in [0.1, 0.15) is 29.2 Å². The molecule has 0 amide bonds. The summed E-state index contributed by atoms with van der Waals surface area (Å²) in [5, 5.41) is 3.64. The number of ether oxygens (including phenoxy) is 2. The molecule has 1 aliphatic carbocycles. The van der Waals surface area contributed by atoms with E-state index in [1.165, 1.54) is 12.1 Å². The van der Waals surface area contributed by atoms with E-state index in [0.29, 0.717) is 22.5 Å². The first-order valence-electron chi connectivity index (χ1n) is 11.7. The summed E-state index contributed by atoms with van der Waals surface area (Å²) in [4.78, 5) is 15.6. The molecular formula is C26H24ClF3N6O2.